The fourth-order valence-electron chi connectivity index (χ4n) is 8.40. The minimum Gasteiger partial charge on any atom is -0.374 e. The highest BCUT2D eigenvalue weighted by molar-refractivity contribution is 5.39. The quantitative estimate of drug-likeness (QED) is 0.0997. The first-order valence-electron chi connectivity index (χ1n) is 17.6. The third-order valence-corrected chi connectivity index (χ3v) is 10.6. The van der Waals surface area contributed by atoms with E-state index in [-0.39, 0.29) is 48.9 Å². The highest BCUT2D eigenvalue weighted by Gasteiger charge is 2.62. The van der Waals surface area contributed by atoms with Crippen molar-refractivity contribution in [3.63, 3.8) is 0 Å². The van der Waals surface area contributed by atoms with Gasteiger partial charge in [0.2, 0.25) is 0 Å². The van der Waals surface area contributed by atoms with Crippen molar-refractivity contribution in [3.05, 3.63) is 148 Å². The van der Waals surface area contributed by atoms with Crippen LogP contribution in [0.1, 0.15) is 83.5 Å². The summed E-state index contributed by atoms with van der Waals surface area (Å²) in [7, 11) is 1.74. The van der Waals surface area contributed by atoms with E-state index < -0.39 is 35.1 Å². The zero-order chi connectivity index (χ0) is 37.4. The van der Waals surface area contributed by atoms with Gasteiger partial charge in [0.05, 0.1) is 43.0 Å². The van der Waals surface area contributed by atoms with Crippen molar-refractivity contribution in [1.29, 1.82) is 0 Å². The van der Waals surface area contributed by atoms with E-state index in [0.717, 1.165) is 29.7 Å². The smallest absolute Gasteiger partial charge is 0.374 e. The summed E-state index contributed by atoms with van der Waals surface area (Å²) in [5.74, 6) is 0.612. The molecule has 2 aliphatic rings. The number of halogens is 6. The van der Waals surface area contributed by atoms with Crippen LogP contribution in [0.25, 0.3) is 0 Å². The highest BCUT2D eigenvalue weighted by atomic mass is 19.4. The van der Waals surface area contributed by atoms with Gasteiger partial charge in [0, 0.05) is 18.0 Å². The van der Waals surface area contributed by atoms with Gasteiger partial charge in [-0.15, -0.1) is 10.2 Å². The van der Waals surface area contributed by atoms with Crippen LogP contribution >= 0.6 is 0 Å². The Morgan fingerprint density at radius 1 is 0.755 bits per heavy atom. The zero-order valence-corrected chi connectivity index (χ0v) is 29.1. The Morgan fingerprint density at radius 3 is 1.91 bits per heavy atom. The van der Waals surface area contributed by atoms with Gasteiger partial charge in [0.25, 0.3) is 0 Å². The van der Waals surface area contributed by atoms with E-state index in [0.29, 0.717) is 24.2 Å². The van der Waals surface area contributed by atoms with Crippen molar-refractivity contribution in [1.82, 2.24) is 25.1 Å². The van der Waals surface area contributed by atoms with Gasteiger partial charge >= 0.3 is 12.4 Å². The first-order chi connectivity index (χ1) is 25.4. The number of hydrogen-bond acceptors (Lipinski definition) is 6. The Balaban J connectivity index is 1.21. The molecule has 3 heterocycles. The number of nitrogens with zero attached hydrogens (tertiary/aromatic N) is 5. The number of fused-ring (bicyclic) bond motifs is 2. The standard InChI is InChI=1S/C40H39F6N5O2/c1-26(27-12-6-3-7-13-27)51-34-18-19-35(38(51,30-16-10-5-11-17-30)25-33(34)37-47-49-50(2)48-37)52-20-21-53-36(28-14-8-4-9-15-28)29-22-31(39(41,42)43)24-32(23-29)40(44,45)46/h3-17,22-24,26,33-36H,18-21,25H2,1-2H3. The lowest BCUT2D eigenvalue weighted by Crippen LogP contribution is -2.57. The van der Waals surface area contributed by atoms with Gasteiger partial charge in [-0.3, -0.25) is 4.90 Å². The number of tetrazole rings is 1. The average Bonchev–Trinajstić information content (AvgIpc) is 3.69. The Kier molecular flexibility index (Phi) is 10.2. The Labute approximate surface area is 303 Å². The first-order valence-corrected chi connectivity index (χ1v) is 17.6. The van der Waals surface area contributed by atoms with E-state index in [1.807, 2.05) is 36.4 Å². The molecular formula is C40H39F6N5O2. The number of aromatic nitrogens is 4. The van der Waals surface area contributed by atoms with Crippen LogP contribution in [0.2, 0.25) is 0 Å². The monoisotopic (exact) mass is 735 g/mol. The van der Waals surface area contributed by atoms with Gasteiger partial charge in [0.1, 0.15) is 6.10 Å². The van der Waals surface area contributed by atoms with Gasteiger partial charge in [0.15, 0.2) is 5.82 Å². The second kappa shape index (κ2) is 14.7. The van der Waals surface area contributed by atoms with E-state index in [2.05, 4.69) is 51.5 Å². The van der Waals surface area contributed by atoms with E-state index in [9.17, 15) is 26.3 Å². The van der Waals surface area contributed by atoms with E-state index in [4.69, 9.17) is 9.47 Å². The van der Waals surface area contributed by atoms with E-state index >= 15 is 0 Å². The largest absolute Gasteiger partial charge is 0.416 e. The number of hydrogen-bond donors (Lipinski definition) is 0. The molecule has 0 spiro atoms. The molecule has 13 heteroatoms. The van der Waals surface area contributed by atoms with Crippen molar-refractivity contribution in [2.45, 2.75) is 74.3 Å². The summed E-state index contributed by atoms with van der Waals surface area (Å²) in [4.78, 5) is 4.00. The second-order valence-electron chi connectivity index (χ2n) is 13.7. The summed E-state index contributed by atoms with van der Waals surface area (Å²) >= 11 is 0. The molecule has 0 amide bonds. The van der Waals surface area contributed by atoms with Crippen molar-refractivity contribution < 1.29 is 35.8 Å². The second-order valence-corrected chi connectivity index (χ2v) is 13.7. The number of piperidine rings is 1. The molecular weight excluding hydrogens is 696 g/mol. The molecule has 2 aliphatic heterocycles. The molecule has 7 rings (SSSR count). The van der Waals surface area contributed by atoms with Gasteiger partial charge in [-0.05, 0) is 71.9 Å². The zero-order valence-electron chi connectivity index (χ0n) is 29.1. The molecule has 5 aromatic rings. The van der Waals surface area contributed by atoms with Crippen LogP contribution in [0.15, 0.2) is 109 Å². The Bertz CT molecular complexity index is 1940. The molecule has 2 bridgehead atoms. The number of benzene rings is 4. The van der Waals surface area contributed by atoms with E-state index in [1.165, 1.54) is 4.80 Å². The molecule has 2 fully saturated rings. The van der Waals surface area contributed by atoms with Crippen LogP contribution in [-0.2, 0) is 34.4 Å². The van der Waals surface area contributed by atoms with Crippen molar-refractivity contribution in [3.8, 4) is 0 Å². The van der Waals surface area contributed by atoms with Crippen LogP contribution in [-0.4, -0.2) is 50.5 Å². The van der Waals surface area contributed by atoms with Gasteiger partial charge in [-0.2, -0.15) is 31.1 Å². The molecule has 53 heavy (non-hydrogen) atoms. The summed E-state index contributed by atoms with van der Waals surface area (Å²) in [5.41, 5.74) is -1.06. The lowest BCUT2D eigenvalue weighted by atomic mass is 9.77. The van der Waals surface area contributed by atoms with Crippen molar-refractivity contribution in [2.24, 2.45) is 7.05 Å². The summed E-state index contributed by atoms with van der Waals surface area (Å²) < 4.78 is 96.1. The maximum absolute atomic E-state index is 13.9. The SMILES string of the molecule is CC(c1ccccc1)N1C2CCC(OCCOC(c3ccccc3)c3cc(C(F)(F)F)cc(C(F)(F)F)c3)C1(c1ccccc1)CC2c1nnn(C)n1. The maximum Gasteiger partial charge on any atom is 0.416 e. The van der Waals surface area contributed by atoms with Crippen LogP contribution in [0.4, 0.5) is 26.3 Å². The molecule has 6 unspecified atom stereocenters. The van der Waals surface area contributed by atoms with Gasteiger partial charge in [-0.1, -0.05) is 91.0 Å². The molecule has 6 atom stereocenters. The number of aryl methyl sites for hydroxylation is 1. The molecule has 0 saturated carbocycles. The first kappa shape index (κ1) is 36.8. The minimum atomic E-state index is -4.99. The minimum absolute atomic E-state index is 0.0306. The van der Waals surface area contributed by atoms with Crippen LogP contribution in [0.3, 0.4) is 0 Å². The lowest BCUT2D eigenvalue weighted by molar-refractivity contribution is -0.143. The van der Waals surface area contributed by atoms with Crippen LogP contribution in [0.5, 0.6) is 0 Å². The number of rotatable bonds is 11. The Morgan fingerprint density at radius 2 is 1.34 bits per heavy atom. The molecule has 0 aliphatic carbocycles. The summed E-state index contributed by atoms with van der Waals surface area (Å²) in [6.45, 7) is 2.14. The predicted molar refractivity (Wildman–Crippen MR) is 184 cm³/mol. The average molecular weight is 736 g/mol. The van der Waals surface area contributed by atoms with Crippen LogP contribution < -0.4 is 0 Å². The number of ether oxygens (including phenoxy) is 2. The number of alkyl halides is 6. The molecule has 1 aromatic heterocycles. The lowest BCUT2D eigenvalue weighted by Gasteiger charge is -2.52. The summed E-state index contributed by atoms with van der Waals surface area (Å²) in [6, 6.07) is 30.3. The highest BCUT2D eigenvalue weighted by Crippen LogP contribution is 2.59. The van der Waals surface area contributed by atoms with Gasteiger partial charge < -0.3 is 9.47 Å². The third-order valence-electron chi connectivity index (χ3n) is 10.6. The Hall–Kier alpha value is -4.59. The molecule has 278 valence electrons. The third kappa shape index (κ3) is 7.34. The van der Waals surface area contributed by atoms with Crippen molar-refractivity contribution >= 4 is 0 Å². The normalized spacial score (nSPS) is 23.2. The summed E-state index contributed by atoms with van der Waals surface area (Å²) in [6.07, 6.45) is -9.43. The fraction of sp³-hybridized carbons (Fsp3) is 0.375. The van der Waals surface area contributed by atoms with E-state index in [1.54, 1.807) is 37.4 Å². The molecule has 4 aromatic carbocycles. The van der Waals surface area contributed by atoms with Crippen LogP contribution in [0, 0.1) is 0 Å². The fourth-order valence-corrected chi connectivity index (χ4v) is 8.40. The topological polar surface area (TPSA) is 65.3 Å². The molecule has 2 saturated heterocycles. The summed E-state index contributed by atoms with van der Waals surface area (Å²) in [5, 5.41) is 13.2. The van der Waals surface area contributed by atoms with Crippen molar-refractivity contribution in [2.75, 3.05) is 13.2 Å². The molecule has 0 radical (unpaired) electrons. The molecule has 7 nitrogen and oxygen atoms in total. The molecule has 0 N–H and O–H groups in total. The van der Waals surface area contributed by atoms with Gasteiger partial charge in [-0.25, -0.2) is 0 Å². The maximum atomic E-state index is 13.9. The predicted octanol–water partition coefficient (Wildman–Crippen LogP) is 9.05.